The second kappa shape index (κ2) is 10.8. The molecule has 0 atom stereocenters. The predicted octanol–water partition coefficient (Wildman–Crippen LogP) is 2.65. The van der Waals surface area contributed by atoms with E-state index in [1.54, 1.807) is 24.3 Å². The van der Waals surface area contributed by atoms with Crippen LogP contribution in [-0.4, -0.2) is 66.7 Å². The minimum Gasteiger partial charge on any atom is -0.325 e. The third-order valence-electron chi connectivity index (χ3n) is 5.45. The highest BCUT2D eigenvalue weighted by molar-refractivity contribution is 6.04. The molecule has 7 nitrogen and oxygen atoms in total. The Balaban J connectivity index is 1.44. The van der Waals surface area contributed by atoms with Gasteiger partial charge in [0, 0.05) is 37.4 Å². The lowest BCUT2D eigenvalue weighted by Gasteiger charge is -2.33. The first-order valence-electron chi connectivity index (χ1n) is 10.7. The molecule has 164 valence electrons. The maximum atomic E-state index is 12.4. The first kappa shape index (κ1) is 22.7. The van der Waals surface area contributed by atoms with Crippen LogP contribution in [0, 0.1) is 0 Å². The summed E-state index contributed by atoms with van der Waals surface area (Å²) in [7, 11) is 0. The molecular weight excluding hydrogens is 392 g/mol. The summed E-state index contributed by atoms with van der Waals surface area (Å²) in [6.07, 6.45) is 0.869. The lowest BCUT2D eigenvalue weighted by Crippen LogP contribution is -2.50. The quantitative estimate of drug-likeness (QED) is 0.639. The van der Waals surface area contributed by atoms with Gasteiger partial charge in [-0.25, -0.2) is 0 Å². The third kappa shape index (κ3) is 6.47. The van der Waals surface area contributed by atoms with Crippen molar-refractivity contribution in [3.8, 4) is 0 Å². The molecule has 1 aliphatic rings. The zero-order chi connectivity index (χ0) is 22.2. The predicted molar refractivity (Wildman–Crippen MR) is 122 cm³/mol. The summed E-state index contributed by atoms with van der Waals surface area (Å²) in [4.78, 5) is 40.8. The normalized spacial score (nSPS) is 14.8. The number of hydrogen-bond donors (Lipinski definition) is 2. The van der Waals surface area contributed by atoms with Crippen molar-refractivity contribution >= 4 is 29.0 Å². The molecule has 1 aliphatic heterocycles. The smallest absolute Gasteiger partial charge is 0.238 e. The Morgan fingerprint density at radius 1 is 0.774 bits per heavy atom. The van der Waals surface area contributed by atoms with Crippen LogP contribution in [0.5, 0.6) is 0 Å². The molecule has 0 aromatic heterocycles. The van der Waals surface area contributed by atoms with Crippen LogP contribution < -0.4 is 10.6 Å². The SMILES string of the molecule is CCc1ccccc1NC(=O)CN1CCN(CC(=O)Nc2ccccc2C(C)=O)CC1. The van der Waals surface area contributed by atoms with Gasteiger partial charge < -0.3 is 10.6 Å². The van der Waals surface area contributed by atoms with Gasteiger partial charge in [0.2, 0.25) is 11.8 Å². The van der Waals surface area contributed by atoms with Crippen LogP contribution in [0.3, 0.4) is 0 Å². The zero-order valence-corrected chi connectivity index (χ0v) is 18.2. The second-order valence-corrected chi connectivity index (χ2v) is 7.76. The topological polar surface area (TPSA) is 81.8 Å². The summed E-state index contributed by atoms with van der Waals surface area (Å²) in [5.41, 5.74) is 3.05. The van der Waals surface area contributed by atoms with Gasteiger partial charge in [0.25, 0.3) is 0 Å². The fraction of sp³-hybridized carbons (Fsp3) is 0.375. The van der Waals surface area contributed by atoms with E-state index in [9.17, 15) is 14.4 Å². The van der Waals surface area contributed by atoms with Crippen molar-refractivity contribution in [2.75, 3.05) is 49.9 Å². The van der Waals surface area contributed by atoms with Crippen LogP contribution in [0.2, 0.25) is 0 Å². The Hall–Kier alpha value is -3.03. The lowest BCUT2D eigenvalue weighted by molar-refractivity contribution is -0.120. The molecule has 2 amide bonds. The van der Waals surface area contributed by atoms with Gasteiger partial charge in [-0.3, -0.25) is 24.2 Å². The summed E-state index contributed by atoms with van der Waals surface area (Å²) >= 11 is 0. The number of anilines is 2. The Labute approximate surface area is 183 Å². The van der Waals surface area contributed by atoms with Crippen molar-refractivity contribution in [1.29, 1.82) is 0 Å². The standard InChI is InChI=1S/C24H30N4O3/c1-3-19-8-4-6-10-21(19)25-23(30)16-27-12-14-28(15-13-27)17-24(31)26-22-11-7-5-9-20(22)18(2)29/h4-11H,3,12-17H2,1-2H3,(H,25,30)(H,26,31). The van der Waals surface area contributed by atoms with E-state index in [1.165, 1.54) is 6.92 Å². The van der Waals surface area contributed by atoms with Gasteiger partial charge in [0.05, 0.1) is 18.8 Å². The molecule has 7 heteroatoms. The van der Waals surface area contributed by atoms with Crippen molar-refractivity contribution in [2.45, 2.75) is 20.3 Å². The molecule has 2 aromatic carbocycles. The molecule has 31 heavy (non-hydrogen) atoms. The summed E-state index contributed by atoms with van der Waals surface area (Å²) in [6.45, 7) is 7.02. The molecule has 1 heterocycles. The van der Waals surface area contributed by atoms with E-state index in [2.05, 4.69) is 27.4 Å². The highest BCUT2D eigenvalue weighted by atomic mass is 16.2. The van der Waals surface area contributed by atoms with E-state index in [1.807, 2.05) is 24.3 Å². The average Bonchev–Trinajstić information content (AvgIpc) is 2.75. The van der Waals surface area contributed by atoms with Crippen LogP contribution in [0.1, 0.15) is 29.8 Å². The van der Waals surface area contributed by atoms with Crippen LogP contribution in [0.15, 0.2) is 48.5 Å². The van der Waals surface area contributed by atoms with Crippen LogP contribution >= 0.6 is 0 Å². The number of rotatable bonds is 8. The summed E-state index contributed by atoms with van der Waals surface area (Å²) in [5, 5.41) is 5.85. The number of carbonyl (C=O) groups excluding carboxylic acids is 3. The number of aryl methyl sites for hydroxylation is 1. The summed E-state index contributed by atoms with van der Waals surface area (Å²) in [5.74, 6) is -0.242. The molecule has 2 N–H and O–H groups in total. The highest BCUT2D eigenvalue weighted by Gasteiger charge is 2.21. The fourth-order valence-electron chi connectivity index (χ4n) is 3.74. The molecule has 0 bridgehead atoms. The number of piperazine rings is 1. The Morgan fingerprint density at radius 2 is 1.26 bits per heavy atom. The Morgan fingerprint density at radius 3 is 1.81 bits per heavy atom. The first-order valence-corrected chi connectivity index (χ1v) is 10.7. The van der Waals surface area contributed by atoms with E-state index < -0.39 is 0 Å². The van der Waals surface area contributed by atoms with Crippen LogP contribution in [-0.2, 0) is 16.0 Å². The molecule has 0 spiro atoms. The van der Waals surface area contributed by atoms with Gasteiger partial charge in [0.1, 0.15) is 0 Å². The van der Waals surface area contributed by atoms with Crippen molar-refractivity contribution in [2.24, 2.45) is 0 Å². The largest absolute Gasteiger partial charge is 0.325 e. The van der Waals surface area contributed by atoms with Gasteiger partial charge >= 0.3 is 0 Å². The summed E-state index contributed by atoms with van der Waals surface area (Å²) in [6, 6.07) is 14.9. The minimum absolute atomic E-state index is 0.0204. The van der Waals surface area contributed by atoms with Gasteiger partial charge in [-0.1, -0.05) is 37.3 Å². The molecule has 0 radical (unpaired) electrons. The Kier molecular flexibility index (Phi) is 7.92. The number of carbonyl (C=O) groups is 3. The number of ketones is 1. The molecular formula is C24H30N4O3. The number of amides is 2. The zero-order valence-electron chi connectivity index (χ0n) is 18.2. The average molecular weight is 423 g/mol. The number of benzene rings is 2. The number of nitrogens with one attached hydrogen (secondary N) is 2. The first-order chi connectivity index (χ1) is 15.0. The van der Waals surface area contributed by atoms with Crippen molar-refractivity contribution in [3.05, 3.63) is 59.7 Å². The van der Waals surface area contributed by atoms with Crippen molar-refractivity contribution in [1.82, 2.24) is 9.80 Å². The van der Waals surface area contributed by atoms with Gasteiger partial charge in [-0.15, -0.1) is 0 Å². The van der Waals surface area contributed by atoms with Gasteiger partial charge in [-0.05, 0) is 37.1 Å². The number of para-hydroxylation sites is 2. The van der Waals surface area contributed by atoms with Crippen LogP contribution in [0.4, 0.5) is 11.4 Å². The monoisotopic (exact) mass is 422 g/mol. The summed E-state index contributed by atoms with van der Waals surface area (Å²) < 4.78 is 0. The van der Waals surface area contributed by atoms with Gasteiger partial charge in [0.15, 0.2) is 5.78 Å². The fourth-order valence-corrected chi connectivity index (χ4v) is 3.74. The van der Waals surface area contributed by atoms with E-state index in [0.717, 1.165) is 30.8 Å². The highest BCUT2D eigenvalue weighted by Crippen LogP contribution is 2.16. The lowest BCUT2D eigenvalue weighted by atomic mass is 10.1. The molecule has 1 fully saturated rings. The second-order valence-electron chi connectivity index (χ2n) is 7.76. The van der Waals surface area contributed by atoms with Crippen LogP contribution in [0.25, 0.3) is 0 Å². The molecule has 2 aromatic rings. The van der Waals surface area contributed by atoms with Crippen molar-refractivity contribution in [3.63, 3.8) is 0 Å². The van der Waals surface area contributed by atoms with E-state index >= 15 is 0 Å². The molecule has 0 aliphatic carbocycles. The maximum absolute atomic E-state index is 12.4. The Bertz CT molecular complexity index is 936. The van der Waals surface area contributed by atoms with Gasteiger partial charge in [-0.2, -0.15) is 0 Å². The van der Waals surface area contributed by atoms with E-state index in [0.29, 0.717) is 30.9 Å². The van der Waals surface area contributed by atoms with E-state index in [4.69, 9.17) is 0 Å². The molecule has 3 rings (SSSR count). The number of hydrogen-bond acceptors (Lipinski definition) is 5. The molecule has 1 saturated heterocycles. The maximum Gasteiger partial charge on any atom is 0.238 e. The van der Waals surface area contributed by atoms with Crippen molar-refractivity contribution < 1.29 is 14.4 Å². The van der Waals surface area contributed by atoms with E-state index in [-0.39, 0.29) is 24.1 Å². The molecule has 0 saturated carbocycles. The minimum atomic E-state index is -0.143. The number of Topliss-reactive ketones (excluding diaryl/α,β-unsaturated/α-hetero) is 1. The third-order valence-corrected chi connectivity index (χ3v) is 5.45. The number of nitrogens with zero attached hydrogens (tertiary/aromatic N) is 2. The molecule has 0 unspecified atom stereocenters.